The largest absolute Gasteiger partial charge is 0.494 e. The molecule has 0 unspecified atom stereocenters. The van der Waals surface area contributed by atoms with Crippen LogP contribution in [0.3, 0.4) is 0 Å². The van der Waals surface area contributed by atoms with Crippen molar-refractivity contribution in [2.75, 3.05) is 38.3 Å². The van der Waals surface area contributed by atoms with Crippen LogP contribution in [0.15, 0.2) is 24.7 Å². The first kappa shape index (κ1) is 16.1. The van der Waals surface area contributed by atoms with Gasteiger partial charge in [0.25, 0.3) is 0 Å². The molecule has 0 aliphatic carbocycles. The van der Waals surface area contributed by atoms with E-state index in [4.69, 9.17) is 26.1 Å². The lowest BCUT2D eigenvalue weighted by atomic mass is 10.1. The van der Waals surface area contributed by atoms with Crippen molar-refractivity contribution in [2.45, 2.75) is 0 Å². The van der Waals surface area contributed by atoms with E-state index < -0.39 is 0 Å². The molecule has 25 heavy (non-hydrogen) atoms. The second-order valence-electron chi connectivity index (χ2n) is 5.87. The first-order valence-electron chi connectivity index (χ1n) is 8.02. The SMILES string of the molecule is COc1c(-c2cnn(C)c2)cc(Cl)c2cnc(N3CCOCC3)nc12. The zero-order valence-electron chi connectivity index (χ0n) is 14.1. The number of ether oxygens (including phenoxy) is 2. The lowest BCUT2D eigenvalue weighted by molar-refractivity contribution is 0.122. The molecule has 1 fully saturated rings. The Balaban J connectivity index is 1.90. The van der Waals surface area contributed by atoms with E-state index in [9.17, 15) is 0 Å². The average Bonchev–Trinajstić information content (AvgIpc) is 3.08. The quantitative estimate of drug-likeness (QED) is 0.716. The molecule has 2 aromatic heterocycles. The van der Waals surface area contributed by atoms with Crippen molar-refractivity contribution >= 4 is 28.5 Å². The number of nitrogens with zero attached hydrogens (tertiary/aromatic N) is 5. The molecule has 3 aromatic rings. The van der Waals surface area contributed by atoms with Gasteiger partial charge in [-0.15, -0.1) is 0 Å². The van der Waals surface area contributed by atoms with Crippen LogP contribution in [0.1, 0.15) is 0 Å². The molecule has 0 atom stereocenters. The van der Waals surface area contributed by atoms with Gasteiger partial charge >= 0.3 is 0 Å². The van der Waals surface area contributed by atoms with Gasteiger partial charge in [0.05, 0.1) is 31.5 Å². The maximum Gasteiger partial charge on any atom is 0.226 e. The highest BCUT2D eigenvalue weighted by molar-refractivity contribution is 6.36. The molecule has 0 amide bonds. The number of hydrogen-bond donors (Lipinski definition) is 0. The standard InChI is InChI=1S/C17H18ClN5O2/c1-22-10-11(8-20-22)12-7-14(18)13-9-19-17(21-15(13)16(12)24-2)23-3-5-25-6-4-23/h7-10H,3-6H2,1-2H3. The maximum absolute atomic E-state index is 6.49. The van der Waals surface area contributed by atoms with Crippen LogP contribution in [0.5, 0.6) is 5.75 Å². The van der Waals surface area contributed by atoms with Crippen molar-refractivity contribution < 1.29 is 9.47 Å². The Morgan fingerprint density at radius 2 is 2.04 bits per heavy atom. The second kappa shape index (κ2) is 6.50. The third-order valence-electron chi connectivity index (χ3n) is 4.28. The summed E-state index contributed by atoms with van der Waals surface area (Å²) >= 11 is 6.49. The number of halogens is 1. The molecule has 0 N–H and O–H groups in total. The average molecular weight is 360 g/mol. The molecule has 0 bridgehead atoms. The van der Waals surface area contributed by atoms with E-state index in [-0.39, 0.29) is 0 Å². The summed E-state index contributed by atoms with van der Waals surface area (Å²) in [6.07, 6.45) is 5.46. The summed E-state index contributed by atoms with van der Waals surface area (Å²) in [6, 6.07) is 1.87. The molecule has 1 aliphatic heterocycles. The third kappa shape index (κ3) is 2.89. The number of aryl methyl sites for hydroxylation is 1. The van der Waals surface area contributed by atoms with Crippen LogP contribution in [-0.2, 0) is 11.8 Å². The minimum atomic E-state index is 0.586. The van der Waals surface area contributed by atoms with Gasteiger partial charge in [0.1, 0.15) is 5.52 Å². The molecule has 0 saturated carbocycles. The first-order valence-corrected chi connectivity index (χ1v) is 8.40. The molecule has 8 heteroatoms. The number of morpholine rings is 1. The van der Waals surface area contributed by atoms with E-state index in [2.05, 4.69) is 15.0 Å². The molecule has 130 valence electrons. The van der Waals surface area contributed by atoms with Crippen LogP contribution in [0.2, 0.25) is 5.02 Å². The summed E-state index contributed by atoms with van der Waals surface area (Å²) in [5.74, 6) is 1.33. The van der Waals surface area contributed by atoms with Crippen molar-refractivity contribution in [3.05, 3.63) is 29.7 Å². The predicted octanol–water partition coefficient (Wildman–Crippen LogP) is 2.53. The lowest BCUT2D eigenvalue weighted by Gasteiger charge is -2.27. The van der Waals surface area contributed by atoms with Gasteiger partial charge in [-0.25, -0.2) is 9.97 Å². The Morgan fingerprint density at radius 3 is 2.72 bits per heavy atom. The summed E-state index contributed by atoms with van der Waals surface area (Å²) in [6.45, 7) is 2.89. The van der Waals surface area contributed by atoms with Crippen LogP contribution in [-0.4, -0.2) is 53.2 Å². The van der Waals surface area contributed by atoms with E-state index in [0.717, 1.165) is 29.6 Å². The molecule has 0 spiro atoms. The number of hydrogen-bond acceptors (Lipinski definition) is 6. The monoisotopic (exact) mass is 359 g/mol. The predicted molar refractivity (Wildman–Crippen MR) is 96.3 cm³/mol. The minimum absolute atomic E-state index is 0.586. The molecule has 1 aromatic carbocycles. The topological polar surface area (TPSA) is 65.3 Å². The number of anilines is 1. The summed E-state index contributed by atoms with van der Waals surface area (Å²) in [4.78, 5) is 11.3. The van der Waals surface area contributed by atoms with Gasteiger partial charge in [-0.1, -0.05) is 11.6 Å². The fourth-order valence-corrected chi connectivity index (χ4v) is 3.26. The van der Waals surface area contributed by atoms with Crippen molar-refractivity contribution in [3.63, 3.8) is 0 Å². The van der Waals surface area contributed by atoms with E-state index in [1.807, 2.05) is 19.3 Å². The molecule has 0 radical (unpaired) electrons. The number of aromatic nitrogens is 4. The Kier molecular flexibility index (Phi) is 4.19. The van der Waals surface area contributed by atoms with Crippen LogP contribution >= 0.6 is 11.6 Å². The fraction of sp³-hybridized carbons (Fsp3) is 0.353. The fourth-order valence-electron chi connectivity index (χ4n) is 3.02. The zero-order chi connectivity index (χ0) is 17.4. The highest BCUT2D eigenvalue weighted by atomic mass is 35.5. The van der Waals surface area contributed by atoms with Gasteiger partial charge in [-0.05, 0) is 6.07 Å². The number of benzene rings is 1. The minimum Gasteiger partial charge on any atom is -0.494 e. The number of rotatable bonds is 3. The van der Waals surface area contributed by atoms with E-state index in [1.54, 1.807) is 24.2 Å². The highest BCUT2D eigenvalue weighted by Crippen LogP contribution is 2.40. The molecular weight excluding hydrogens is 342 g/mol. The Hall–Kier alpha value is -2.38. The normalized spacial score (nSPS) is 14.9. The molecule has 4 rings (SSSR count). The van der Waals surface area contributed by atoms with E-state index in [0.29, 0.717) is 35.5 Å². The van der Waals surface area contributed by atoms with Crippen LogP contribution in [0.25, 0.3) is 22.0 Å². The Morgan fingerprint density at radius 1 is 1.24 bits per heavy atom. The highest BCUT2D eigenvalue weighted by Gasteiger charge is 2.19. The van der Waals surface area contributed by atoms with Crippen molar-refractivity contribution in [2.24, 2.45) is 7.05 Å². The summed E-state index contributed by atoms with van der Waals surface area (Å²) in [5, 5.41) is 5.59. The van der Waals surface area contributed by atoms with Crippen molar-refractivity contribution in [3.8, 4) is 16.9 Å². The van der Waals surface area contributed by atoms with E-state index in [1.165, 1.54) is 0 Å². The summed E-state index contributed by atoms with van der Waals surface area (Å²) in [5.41, 5.74) is 2.49. The van der Waals surface area contributed by atoms with Gasteiger partial charge in [-0.3, -0.25) is 4.68 Å². The Labute approximate surface area is 150 Å². The third-order valence-corrected chi connectivity index (χ3v) is 4.59. The van der Waals surface area contributed by atoms with Crippen molar-refractivity contribution in [1.29, 1.82) is 0 Å². The van der Waals surface area contributed by atoms with Gasteiger partial charge in [-0.2, -0.15) is 5.10 Å². The van der Waals surface area contributed by atoms with Gasteiger partial charge < -0.3 is 14.4 Å². The number of methoxy groups -OCH3 is 1. The van der Waals surface area contributed by atoms with Gasteiger partial charge in [0, 0.05) is 49.0 Å². The smallest absolute Gasteiger partial charge is 0.226 e. The molecule has 3 heterocycles. The van der Waals surface area contributed by atoms with Gasteiger partial charge in [0.15, 0.2) is 5.75 Å². The zero-order valence-corrected chi connectivity index (χ0v) is 14.8. The maximum atomic E-state index is 6.49. The van der Waals surface area contributed by atoms with Gasteiger partial charge in [0.2, 0.25) is 5.95 Å². The van der Waals surface area contributed by atoms with Crippen LogP contribution in [0, 0.1) is 0 Å². The van der Waals surface area contributed by atoms with Crippen LogP contribution in [0.4, 0.5) is 5.95 Å². The number of fused-ring (bicyclic) bond motifs is 1. The molecule has 1 aliphatic rings. The molecular formula is C17H18ClN5O2. The Bertz CT molecular complexity index is 921. The first-order chi connectivity index (χ1) is 12.2. The second-order valence-corrected chi connectivity index (χ2v) is 6.28. The molecule has 1 saturated heterocycles. The van der Waals surface area contributed by atoms with E-state index >= 15 is 0 Å². The lowest BCUT2D eigenvalue weighted by Crippen LogP contribution is -2.37. The summed E-state index contributed by atoms with van der Waals surface area (Å²) < 4.78 is 12.8. The molecule has 7 nitrogen and oxygen atoms in total. The van der Waals surface area contributed by atoms with Crippen molar-refractivity contribution in [1.82, 2.24) is 19.7 Å². The van der Waals surface area contributed by atoms with Crippen LogP contribution < -0.4 is 9.64 Å². The summed E-state index contributed by atoms with van der Waals surface area (Å²) in [7, 11) is 3.51.